The Bertz CT molecular complexity index is 273. The highest BCUT2D eigenvalue weighted by molar-refractivity contribution is 5.91. The molecule has 0 rings (SSSR count). The third kappa shape index (κ3) is 7.69. The van der Waals surface area contributed by atoms with Crippen LogP contribution in [0.15, 0.2) is 12.2 Å². The molecule has 0 aromatic heterocycles. The highest BCUT2D eigenvalue weighted by Crippen LogP contribution is 1.96. The summed E-state index contributed by atoms with van der Waals surface area (Å²) in [5.41, 5.74) is 0. The van der Waals surface area contributed by atoms with Gasteiger partial charge in [0.05, 0.1) is 6.54 Å². The molecule has 0 heterocycles. The highest BCUT2D eigenvalue weighted by Gasteiger charge is 2.07. The van der Waals surface area contributed by atoms with Gasteiger partial charge in [0.1, 0.15) is 0 Å². The zero-order valence-corrected chi connectivity index (χ0v) is 11.3. The van der Waals surface area contributed by atoms with Crippen molar-refractivity contribution in [3.8, 4) is 0 Å². The molecule has 0 radical (unpaired) electrons. The van der Waals surface area contributed by atoms with Gasteiger partial charge in [-0.3, -0.25) is 14.5 Å². The molecule has 0 aliphatic heterocycles. The molecule has 0 aromatic carbocycles. The van der Waals surface area contributed by atoms with Crippen molar-refractivity contribution in [1.29, 1.82) is 0 Å². The molecule has 0 bridgehead atoms. The standard InChI is InChI=1S/C13H24N2O2/c1-5-14-13(17)10-15(6-2)9-7-8-12(16)11(3)4/h7-8,11H,5-6,9-10H2,1-4H3,(H,14,17)/b8-7+. The lowest BCUT2D eigenvalue weighted by Gasteiger charge is -2.17. The van der Waals surface area contributed by atoms with Crippen LogP contribution in [0.3, 0.4) is 0 Å². The summed E-state index contributed by atoms with van der Waals surface area (Å²) in [6, 6.07) is 0. The molecular weight excluding hydrogens is 216 g/mol. The number of ketones is 1. The largest absolute Gasteiger partial charge is 0.355 e. The number of nitrogens with zero attached hydrogens (tertiary/aromatic N) is 1. The molecular formula is C13H24N2O2. The van der Waals surface area contributed by atoms with Crippen molar-refractivity contribution in [2.24, 2.45) is 5.92 Å². The van der Waals surface area contributed by atoms with Crippen LogP contribution in [0.1, 0.15) is 27.7 Å². The van der Waals surface area contributed by atoms with E-state index in [1.54, 1.807) is 6.08 Å². The predicted octanol–water partition coefficient (Wildman–Crippen LogP) is 1.23. The zero-order valence-electron chi connectivity index (χ0n) is 11.3. The average Bonchev–Trinajstić information content (AvgIpc) is 2.27. The van der Waals surface area contributed by atoms with Crippen LogP contribution < -0.4 is 5.32 Å². The molecule has 4 heteroatoms. The monoisotopic (exact) mass is 240 g/mol. The molecule has 0 spiro atoms. The molecule has 4 nitrogen and oxygen atoms in total. The zero-order chi connectivity index (χ0) is 13.3. The SMILES string of the molecule is CCNC(=O)CN(CC)C/C=C/C(=O)C(C)C. The second kappa shape index (κ2) is 8.93. The average molecular weight is 240 g/mol. The summed E-state index contributed by atoms with van der Waals surface area (Å²) >= 11 is 0. The summed E-state index contributed by atoms with van der Waals surface area (Å²) in [7, 11) is 0. The lowest BCUT2D eigenvalue weighted by Crippen LogP contribution is -2.37. The molecule has 98 valence electrons. The van der Waals surface area contributed by atoms with E-state index in [2.05, 4.69) is 5.32 Å². The summed E-state index contributed by atoms with van der Waals surface area (Å²) < 4.78 is 0. The molecule has 0 saturated heterocycles. The summed E-state index contributed by atoms with van der Waals surface area (Å²) in [5, 5.41) is 2.76. The van der Waals surface area contributed by atoms with Gasteiger partial charge >= 0.3 is 0 Å². The van der Waals surface area contributed by atoms with Gasteiger partial charge in [-0.25, -0.2) is 0 Å². The van der Waals surface area contributed by atoms with Crippen molar-refractivity contribution >= 4 is 11.7 Å². The van der Waals surface area contributed by atoms with Gasteiger partial charge in [0.25, 0.3) is 0 Å². The van der Waals surface area contributed by atoms with Crippen molar-refractivity contribution in [3.63, 3.8) is 0 Å². The molecule has 1 N–H and O–H groups in total. The van der Waals surface area contributed by atoms with Crippen LogP contribution in [-0.2, 0) is 9.59 Å². The Morgan fingerprint density at radius 3 is 2.41 bits per heavy atom. The predicted molar refractivity (Wildman–Crippen MR) is 69.8 cm³/mol. The molecule has 0 fully saturated rings. The van der Waals surface area contributed by atoms with E-state index in [1.165, 1.54) is 0 Å². The van der Waals surface area contributed by atoms with Crippen LogP contribution in [0, 0.1) is 5.92 Å². The molecule has 0 aliphatic carbocycles. The van der Waals surface area contributed by atoms with E-state index in [9.17, 15) is 9.59 Å². The van der Waals surface area contributed by atoms with Crippen LogP contribution in [-0.4, -0.2) is 42.8 Å². The van der Waals surface area contributed by atoms with E-state index in [0.29, 0.717) is 19.6 Å². The first kappa shape index (κ1) is 15.8. The lowest BCUT2D eigenvalue weighted by molar-refractivity contribution is -0.122. The Balaban J connectivity index is 4.05. The fourth-order valence-corrected chi connectivity index (χ4v) is 1.27. The summed E-state index contributed by atoms with van der Waals surface area (Å²) in [4.78, 5) is 24.7. The van der Waals surface area contributed by atoms with Crippen molar-refractivity contribution in [2.45, 2.75) is 27.7 Å². The minimum absolute atomic E-state index is 0.0259. The van der Waals surface area contributed by atoms with Gasteiger partial charge in [0, 0.05) is 19.0 Å². The minimum atomic E-state index is 0.0259. The third-order valence-electron chi connectivity index (χ3n) is 2.40. The van der Waals surface area contributed by atoms with E-state index in [4.69, 9.17) is 0 Å². The van der Waals surface area contributed by atoms with Gasteiger partial charge < -0.3 is 5.32 Å². The number of hydrogen-bond donors (Lipinski definition) is 1. The molecule has 0 aromatic rings. The van der Waals surface area contributed by atoms with Gasteiger partial charge in [0.15, 0.2) is 5.78 Å². The second-order valence-electron chi connectivity index (χ2n) is 4.24. The first-order chi connectivity index (χ1) is 8.01. The summed E-state index contributed by atoms with van der Waals surface area (Å²) in [6.07, 6.45) is 3.43. The van der Waals surface area contributed by atoms with E-state index in [0.717, 1.165) is 6.54 Å². The number of carbonyl (C=O) groups excluding carboxylic acids is 2. The second-order valence-corrected chi connectivity index (χ2v) is 4.24. The smallest absolute Gasteiger partial charge is 0.234 e. The third-order valence-corrected chi connectivity index (χ3v) is 2.40. The van der Waals surface area contributed by atoms with Crippen molar-refractivity contribution in [1.82, 2.24) is 10.2 Å². The van der Waals surface area contributed by atoms with Crippen LogP contribution in [0.25, 0.3) is 0 Å². The Morgan fingerprint density at radius 2 is 1.94 bits per heavy atom. The number of carbonyl (C=O) groups is 2. The maximum atomic E-state index is 11.4. The first-order valence-corrected chi connectivity index (χ1v) is 6.20. The van der Waals surface area contributed by atoms with Crippen molar-refractivity contribution in [2.75, 3.05) is 26.2 Å². The Morgan fingerprint density at radius 1 is 1.29 bits per heavy atom. The van der Waals surface area contributed by atoms with E-state index in [1.807, 2.05) is 38.7 Å². The van der Waals surface area contributed by atoms with Gasteiger partial charge in [-0.05, 0) is 19.5 Å². The van der Waals surface area contributed by atoms with Crippen LogP contribution in [0.4, 0.5) is 0 Å². The normalized spacial score (nSPS) is 11.4. The first-order valence-electron chi connectivity index (χ1n) is 6.20. The van der Waals surface area contributed by atoms with Crippen molar-refractivity contribution < 1.29 is 9.59 Å². The molecule has 0 aliphatic rings. The van der Waals surface area contributed by atoms with E-state index < -0.39 is 0 Å². The fraction of sp³-hybridized carbons (Fsp3) is 0.692. The maximum Gasteiger partial charge on any atom is 0.234 e. The Labute approximate surface area is 104 Å². The molecule has 0 unspecified atom stereocenters. The number of nitrogens with one attached hydrogen (secondary N) is 1. The highest BCUT2D eigenvalue weighted by atomic mass is 16.2. The van der Waals surface area contributed by atoms with Gasteiger partial charge in [0.2, 0.25) is 5.91 Å². The molecule has 17 heavy (non-hydrogen) atoms. The number of rotatable bonds is 8. The fourth-order valence-electron chi connectivity index (χ4n) is 1.27. The van der Waals surface area contributed by atoms with Crippen LogP contribution in [0.2, 0.25) is 0 Å². The Hall–Kier alpha value is -1.16. The number of likely N-dealkylation sites (N-methyl/N-ethyl adjacent to an activating group) is 2. The maximum absolute atomic E-state index is 11.4. The minimum Gasteiger partial charge on any atom is -0.355 e. The Kier molecular flexibility index (Phi) is 8.32. The number of hydrogen-bond acceptors (Lipinski definition) is 3. The number of amides is 1. The summed E-state index contributed by atoms with van der Waals surface area (Å²) in [5.74, 6) is 0.182. The van der Waals surface area contributed by atoms with Crippen LogP contribution in [0.5, 0.6) is 0 Å². The molecule has 0 atom stereocenters. The van der Waals surface area contributed by atoms with Crippen LogP contribution >= 0.6 is 0 Å². The van der Waals surface area contributed by atoms with Gasteiger partial charge in [-0.1, -0.05) is 26.8 Å². The summed E-state index contributed by atoms with van der Waals surface area (Å²) in [6.45, 7) is 10.1. The number of allylic oxidation sites excluding steroid dienone is 1. The molecule has 1 amide bonds. The van der Waals surface area contributed by atoms with Crippen molar-refractivity contribution in [3.05, 3.63) is 12.2 Å². The van der Waals surface area contributed by atoms with E-state index in [-0.39, 0.29) is 17.6 Å². The molecule has 0 saturated carbocycles. The topological polar surface area (TPSA) is 49.4 Å². The van der Waals surface area contributed by atoms with Gasteiger partial charge in [-0.15, -0.1) is 0 Å². The quantitative estimate of drug-likeness (QED) is 0.649. The van der Waals surface area contributed by atoms with E-state index >= 15 is 0 Å². The van der Waals surface area contributed by atoms with Gasteiger partial charge in [-0.2, -0.15) is 0 Å². The lowest BCUT2D eigenvalue weighted by atomic mass is 10.1.